The van der Waals surface area contributed by atoms with E-state index in [1.807, 2.05) is 19.2 Å². The summed E-state index contributed by atoms with van der Waals surface area (Å²) in [6.45, 7) is 4.74. The van der Waals surface area contributed by atoms with Crippen LogP contribution in [0.1, 0.15) is 47.6 Å². The van der Waals surface area contributed by atoms with Crippen molar-refractivity contribution >= 4 is 40.2 Å². The zero-order valence-corrected chi connectivity index (χ0v) is 21.9. The molecule has 1 heterocycles. The van der Waals surface area contributed by atoms with Gasteiger partial charge in [0.25, 0.3) is 0 Å². The predicted molar refractivity (Wildman–Crippen MR) is 148 cm³/mol. The highest BCUT2D eigenvalue weighted by Crippen LogP contribution is 2.50. The van der Waals surface area contributed by atoms with E-state index in [4.69, 9.17) is 14.5 Å². The van der Waals surface area contributed by atoms with Gasteiger partial charge in [0.1, 0.15) is 0 Å². The first-order chi connectivity index (χ1) is 16.6. The third kappa shape index (κ3) is 4.45. The fraction of sp³-hybridized carbons (Fsp3) is 0.276. The molecule has 3 atom stereocenters. The van der Waals surface area contributed by atoms with Crippen molar-refractivity contribution in [2.24, 2.45) is 10.9 Å². The largest absolute Gasteiger partial charge is 0.493 e. The van der Waals surface area contributed by atoms with Gasteiger partial charge in [0.15, 0.2) is 11.5 Å². The lowest BCUT2D eigenvalue weighted by molar-refractivity contribution is 0.308. The van der Waals surface area contributed by atoms with Gasteiger partial charge in [-0.2, -0.15) is 0 Å². The second-order valence-electron chi connectivity index (χ2n) is 8.88. The number of nitrogens with one attached hydrogen (secondary N) is 1. The average Bonchev–Trinajstić information content (AvgIpc) is 3.34. The van der Waals surface area contributed by atoms with Crippen LogP contribution >= 0.6 is 22.6 Å². The summed E-state index contributed by atoms with van der Waals surface area (Å²) in [6.07, 6.45) is 7.71. The third-order valence-electron chi connectivity index (χ3n) is 6.67. The van der Waals surface area contributed by atoms with Crippen molar-refractivity contribution in [2.45, 2.75) is 32.2 Å². The fourth-order valence-corrected chi connectivity index (χ4v) is 5.84. The monoisotopic (exact) mass is 564 g/mol. The minimum atomic E-state index is 0.296. The number of allylic oxidation sites excluding steroid dienone is 2. The molecule has 5 rings (SSSR count). The molecule has 5 heteroatoms. The van der Waals surface area contributed by atoms with E-state index in [0.717, 1.165) is 32.7 Å². The molecule has 0 spiro atoms. The van der Waals surface area contributed by atoms with Gasteiger partial charge >= 0.3 is 0 Å². The molecule has 34 heavy (non-hydrogen) atoms. The van der Waals surface area contributed by atoms with Crippen LogP contribution in [0.15, 0.2) is 71.7 Å². The lowest BCUT2D eigenvalue weighted by Gasteiger charge is -2.37. The molecule has 0 aromatic heterocycles. The van der Waals surface area contributed by atoms with Crippen molar-refractivity contribution in [3.8, 4) is 11.5 Å². The van der Waals surface area contributed by atoms with Crippen LogP contribution in [0.4, 0.5) is 11.4 Å². The van der Waals surface area contributed by atoms with Gasteiger partial charge in [0.2, 0.25) is 0 Å². The molecule has 1 aliphatic heterocycles. The molecule has 3 aromatic carbocycles. The Hall–Kier alpha value is -2.80. The van der Waals surface area contributed by atoms with E-state index in [1.165, 1.54) is 22.4 Å². The smallest absolute Gasteiger partial charge is 0.174 e. The molecule has 0 fully saturated rings. The number of hydrogen-bond donors (Lipinski definition) is 1. The van der Waals surface area contributed by atoms with E-state index >= 15 is 0 Å². The first-order valence-electron chi connectivity index (χ1n) is 11.8. The molecular weight excluding hydrogens is 535 g/mol. The Kier molecular flexibility index (Phi) is 6.63. The Bertz CT molecular complexity index is 1250. The van der Waals surface area contributed by atoms with Crippen LogP contribution in [0, 0.1) is 16.4 Å². The average molecular weight is 564 g/mol. The zero-order valence-electron chi connectivity index (χ0n) is 19.7. The Morgan fingerprint density at radius 2 is 1.94 bits per heavy atom. The first kappa shape index (κ1) is 23.0. The zero-order chi connectivity index (χ0) is 23.7. The number of fused-ring (bicyclic) bond motifs is 3. The van der Waals surface area contributed by atoms with Crippen molar-refractivity contribution in [1.82, 2.24) is 0 Å². The summed E-state index contributed by atoms with van der Waals surface area (Å²) < 4.78 is 12.2. The molecule has 174 valence electrons. The SMILES string of the molecule is CCOc1c(I)cc(C=Nc2ccc([C@@H]3Nc4ccc(C)cc4[C@@H]4C=CC[C@@H]43)cc2)cc1OC. The van der Waals surface area contributed by atoms with Crippen LogP contribution in [0.25, 0.3) is 0 Å². The van der Waals surface area contributed by atoms with Crippen molar-refractivity contribution in [3.63, 3.8) is 0 Å². The van der Waals surface area contributed by atoms with Crippen molar-refractivity contribution in [1.29, 1.82) is 0 Å². The second kappa shape index (κ2) is 9.82. The van der Waals surface area contributed by atoms with E-state index in [2.05, 4.69) is 95.5 Å². The van der Waals surface area contributed by atoms with Gasteiger partial charge in [-0.15, -0.1) is 0 Å². The maximum Gasteiger partial charge on any atom is 0.174 e. The highest BCUT2D eigenvalue weighted by atomic mass is 127. The van der Waals surface area contributed by atoms with Gasteiger partial charge in [-0.3, -0.25) is 4.99 Å². The van der Waals surface area contributed by atoms with Crippen LogP contribution < -0.4 is 14.8 Å². The van der Waals surface area contributed by atoms with Gasteiger partial charge in [0.05, 0.1) is 29.0 Å². The van der Waals surface area contributed by atoms with E-state index in [-0.39, 0.29) is 0 Å². The topological polar surface area (TPSA) is 42.8 Å². The molecule has 0 saturated heterocycles. The van der Waals surface area contributed by atoms with Crippen LogP contribution in [0.5, 0.6) is 11.5 Å². The van der Waals surface area contributed by atoms with Crippen LogP contribution in [-0.2, 0) is 0 Å². The normalized spacial score (nSPS) is 20.6. The summed E-state index contributed by atoms with van der Waals surface area (Å²) in [5, 5.41) is 3.82. The Balaban J connectivity index is 1.36. The molecule has 1 aliphatic carbocycles. The maximum absolute atomic E-state index is 5.72. The predicted octanol–water partition coefficient (Wildman–Crippen LogP) is 7.58. The number of hydrogen-bond acceptors (Lipinski definition) is 4. The molecule has 0 bridgehead atoms. The van der Waals surface area contributed by atoms with Gasteiger partial charge in [-0.25, -0.2) is 0 Å². The van der Waals surface area contributed by atoms with Gasteiger partial charge in [0, 0.05) is 17.8 Å². The minimum absolute atomic E-state index is 0.296. The number of aryl methyl sites for hydroxylation is 1. The Morgan fingerprint density at radius 3 is 2.71 bits per heavy atom. The van der Waals surface area contributed by atoms with Crippen molar-refractivity contribution in [2.75, 3.05) is 19.0 Å². The Labute approximate surface area is 215 Å². The van der Waals surface area contributed by atoms with Gasteiger partial charge in [-0.1, -0.05) is 42.0 Å². The molecule has 0 unspecified atom stereocenters. The summed E-state index contributed by atoms with van der Waals surface area (Å²) in [5.74, 6) is 2.53. The summed E-state index contributed by atoms with van der Waals surface area (Å²) in [4.78, 5) is 4.71. The molecule has 2 aliphatic rings. The molecular formula is C29H29IN2O2. The summed E-state index contributed by atoms with van der Waals surface area (Å²) in [6, 6.07) is 19.7. The molecule has 3 aromatic rings. The highest BCUT2D eigenvalue weighted by Gasteiger charge is 2.37. The lowest BCUT2D eigenvalue weighted by Crippen LogP contribution is -2.29. The Morgan fingerprint density at radius 1 is 1.12 bits per heavy atom. The number of anilines is 1. The molecule has 0 radical (unpaired) electrons. The van der Waals surface area contributed by atoms with Gasteiger partial charge < -0.3 is 14.8 Å². The standard InChI is InChI=1S/C29H29IN2O2/c1-4-34-29-25(30)15-19(16-27(29)33-3)17-31-21-11-9-20(10-12-21)28-23-7-5-6-22(23)24-14-18(2)8-13-26(24)32-28/h5-6,8-17,22-23,28,32H,4,7H2,1-3H3/t22-,23+,28+/m1/s1. The quantitative estimate of drug-likeness (QED) is 0.191. The third-order valence-corrected chi connectivity index (χ3v) is 7.47. The molecule has 1 N–H and O–H groups in total. The van der Waals surface area contributed by atoms with Crippen molar-refractivity contribution in [3.05, 3.63) is 92.6 Å². The van der Waals surface area contributed by atoms with Gasteiger partial charge in [-0.05, 0) is 95.8 Å². The number of nitrogens with zero attached hydrogens (tertiary/aromatic N) is 1. The fourth-order valence-electron chi connectivity index (χ4n) is 5.06. The minimum Gasteiger partial charge on any atom is -0.493 e. The summed E-state index contributed by atoms with van der Waals surface area (Å²) in [5.41, 5.74) is 7.22. The first-order valence-corrected chi connectivity index (χ1v) is 12.8. The number of methoxy groups -OCH3 is 1. The van der Waals surface area contributed by atoms with Crippen molar-refractivity contribution < 1.29 is 9.47 Å². The van der Waals surface area contributed by atoms with Crippen LogP contribution in [-0.4, -0.2) is 19.9 Å². The summed E-state index contributed by atoms with van der Waals surface area (Å²) >= 11 is 2.28. The number of ether oxygens (including phenoxy) is 2. The van der Waals surface area contributed by atoms with E-state index in [0.29, 0.717) is 24.5 Å². The van der Waals surface area contributed by atoms with Crippen LogP contribution in [0.3, 0.4) is 0 Å². The highest BCUT2D eigenvalue weighted by molar-refractivity contribution is 14.1. The van der Waals surface area contributed by atoms with E-state index < -0.39 is 0 Å². The van der Waals surface area contributed by atoms with E-state index in [9.17, 15) is 0 Å². The number of benzene rings is 3. The molecule has 4 nitrogen and oxygen atoms in total. The number of rotatable bonds is 6. The van der Waals surface area contributed by atoms with Crippen LogP contribution in [0.2, 0.25) is 0 Å². The number of halogens is 1. The second-order valence-corrected chi connectivity index (χ2v) is 10.0. The summed E-state index contributed by atoms with van der Waals surface area (Å²) in [7, 11) is 1.66. The molecule has 0 saturated carbocycles. The molecule has 0 amide bonds. The lowest BCUT2D eigenvalue weighted by atomic mass is 9.76. The maximum atomic E-state index is 5.72. The number of aliphatic imine (C=N–C) groups is 1. The van der Waals surface area contributed by atoms with E-state index in [1.54, 1.807) is 7.11 Å².